The summed E-state index contributed by atoms with van der Waals surface area (Å²) in [5.74, 6) is -0.319. The Balaban J connectivity index is 2.36. The van der Waals surface area contributed by atoms with Gasteiger partial charge in [0, 0.05) is 0 Å². The van der Waals surface area contributed by atoms with Gasteiger partial charge in [0.05, 0.1) is 6.42 Å². The summed E-state index contributed by atoms with van der Waals surface area (Å²) in [6.07, 6.45) is 0.256. The monoisotopic (exact) mass is 221 g/mol. The fraction of sp³-hybridized carbons (Fsp3) is 0.333. The molecule has 0 N–H and O–H groups in total. The van der Waals surface area contributed by atoms with E-state index in [9.17, 15) is 9.59 Å². The number of rotatable bonds is 6. The highest BCUT2D eigenvalue weighted by Crippen LogP contribution is 2.18. The van der Waals surface area contributed by atoms with Crippen LogP contribution in [0.1, 0.15) is 24.8 Å². The van der Waals surface area contributed by atoms with Gasteiger partial charge in [0.1, 0.15) is 0 Å². The minimum Gasteiger partial charge on any atom is -0.428 e. The Morgan fingerprint density at radius 3 is 2.69 bits per heavy atom. The highest BCUT2D eigenvalue weighted by atomic mass is 16.7. The van der Waals surface area contributed by atoms with E-state index in [1.54, 1.807) is 0 Å². The van der Waals surface area contributed by atoms with Crippen LogP contribution in [0.25, 0.3) is 0 Å². The van der Waals surface area contributed by atoms with E-state index >= 15 is 0 Å². The maximum atomic E-state index is 11.3. The molecule has 0 saturated heterocycles. The minimum absolute atomic E-state index is 0.0777. The molecule has 1 atom stereocenters. The average molecular weight is 221 g/mol. The average Bonchev–Trinajstić information content (AvgIpc) is 2.30. The van der Waals surface area contributed by atoms with E-state index in [1.165, 1.54) is 6.47 Å². The Bertz CT molecular complexity index is 334. The van der Waals surface area contributed by atoms with Gasteiger partial charge in [0.2, 0.25) is 6.79 Å². The molecule has 0 fully saturated rings. The molecular weight excluding hydrogens is 208 g/mol. The Morgan fingerprint density at radius 2 is 2.06 bits per heavy atom. The molecule has 16 heavy (non-hydrogen) atoms. The van der Waals surface area contributed by atoms with Crippen LogP contribution in [0, 0.1) is 0 Å². The molecule has 0 bridgehead atoms. The number of hydrogen-bond donors (Lipinski definition) is 0. The Kier molecular flexibility index (Phi) is 5.05. The summed E-state index contributed by atoms with van der Waals surface area (Å²) >= 11 is 0. The van der Waals surface area contributed by atoms with Gasteiger partial charge in [-0.25, -0.2) is 4.79 Å². The first kappa shape index (κ1) is 12.2. The van der Waals surface area contributed by atoms with Gasteiger partial charge in [0.15, 0.2) is 0 Å². The molecule has 4 nitrogen and oxygen atoms in total. The lowest BCUT2D eigenvalue weighted by Crippen LogP contribution is -2.10. The minimum atomic E-state index is -0.397. The summed E-state index contributed by atoms with van der Waals surface area (Å²) in [5.41, 5.74) is 1.07. The molecular formula is C12H13O4. The van der Waals surface area contributed by atoms with Gasteiger partial charge in [-0.2, -0.15) is 0 Å². The molecule has 0 amide bonds. The lowest BCUT2D eigenvalue weighted by atomic mass is 9.98. The van der Waals surface area contributed by atoms with Crippen LogP contribution in [-0.2, 0) is 19.1 Å². The van der Waals surface area contributed by atoms with E-state index in [4.69, 9.17) is 0 Å². The van der Waals surface area contributed by atoms with Crippen LogP contribution < -0.4 is 0 Å². The zero-order chi connectivity index (χ0) is 11.8. The third-order valence-electron chi connectivity index (χ3n) is 2.18. The molecule has 0 aromatic heterocycles. The van der Waals surface area contributed by atoms with Crippen LogP contribution in [0.3, 0.4) is 0 Å². The van der Waals surface area contributed by atoms with Crippen LogP contribution >= 0.6 is 0 Å². The lowest BCUT2D eigenvalue weighted by molar-refractivity contribution is -0.151. The van der Waals surface area contributed by atoms with Crippen LogP contribution in [-0.4, -0.2) is 19.2 Å². The summed E-state index contributed by atoms with van der Waals surface area (Å²) in [7, 11) is 0. The summed E-state index contributed by atoms with van der Waals surface area (Å²) in [5, 5.41) is 0. The van der Waals surface area contributed by atoms with E-state index in [0.29, 0.717) is 0 Å². The third kappa shape index (κ3) is 4.13. The quantitative estimate of drug-likeness (QED) is 0.417. The predicted molar refractivity (Wildman–Crippen MR) is 57.2 cm³/mol. The number of benzene rings is 1. The summed E-state index contributed by atoms with van der Waals surface area (Å²) < 4.78 is 8.79. The molecule has 1 rings (SSSR count). The molecule has 0 saturated carbocycles. The topological polar surface area (TPSA) is 52.6 Å². The van der Waals surface area contributed by atoms with E-state index in [2.05, 4.69) is 9.47 Å². The van der Waals surface area contributed by atoms with Gasteiger partial charge in [-0.3, -0.25) is 4.79 Å². The number of esters is 1. The van der Waals surface area contributed by atoms with E-state index in [1.807, 2.05) is 37.3 Å². The van der Waals surface area contributed by atoms with Crippen molar-refractivity contribution in [3.05, 3.63) is 35.9 Å². The second-order valence-corrected chi connectivity index (χ2v) is 3.38. The van der Waals surface area contributed by atoms with Crippen molar-refractivity contribution in [1.82, 2.24) is 0 Å². The fourth-order valence-electron chi connectivity index (χ4n) is 1.33. The number of carbonyl (C=O) groups is 1. The van der Waals surface area contributed by atoms with Crippen LogP contribution in [0.15, 0.2) is 30.3 Å². The number of carbonyl (C=O) groups excluding carboxylic acids is 2. The van der Waals surface area contributed by atoms with E-state index in [-0.39, 0.29) is 19.1 Å². The molecule has 1 aromatic carbocycles. The summed E-state index contributed by atoms with van der Waals surface area (Å²) in [6, 6.07) is 9.66. The van der Waals surface area contributed by atoms with Crippen molar-refractivity contribution in [2.24, 2.45) is 0 Å². The Labute approximate surface area is 94.2 Å². The van der Waals surface area contributed by atoms with Crippen molar-refractivity contribution < 1.29 is 19.1 Å². The molecule has 0 aliphatic rings. The standard InChI is InChI=1S/C12H13O4/c1-10(11-5-3-2-4-6-11)7-12(14)16-9-15-8-13/h2-6,10H,7,9H2,1H3. The van der Waals surface area contributed by atoms with Crippen LogP contribution in [0.2, 0.25) is 0 Å². The summed E-state index contributed by atoms with van der Waals surface area (Å²) in [4.78, 5) is 21.0. The first-order valence-corrected chi connectivity index (χ1v) is 4.93. The first-order chi connectivity index (χ1) is 7.74. The van der Waals surface area contributed by atoms with E-state index in [0.717, 1.165) is 5.56 Å². The Morgan fingerprint density at radius 1 is 1.38 bits per heavy atom. The molecule has 0 aliphatic carbocycles. The van der Waals surface area contributed by atoms with Crippen molar-refractivity contribution in [2.45, 2.75) is 19.3 Å². The molecule has 4 heteroatoms. The van der Waals surface area contributed by atoms with Crippen molar-refractivity contribution in [3.8, 4) is 0 Å². The van der Waals surface area contributed by atoms with Crippen molar-refractivity contribution in [3.63, 3.8) is 0 Å². The second-order valence-electron chi connectivity index (χ2n) is 3.38. The molecule has 1 radical (unpaired) electrons. The Hall–Kier alpha value is -1.84. The zero-order valence-electron chi connectivity index (χ0n) is 9.01. The molecule has 0 aliphatic heterocycles. The molecule has 1 unspecified atom stereocenters. The van der Waals surface area contributed by atoms with Gasteiger partial charge in [-0.05, 0) is 11.5 Å². The van der Waals surface area contributed by atoms with Gasteiger partial charge in [0.25, 0.3) is 0 Å². The van der Waals surface area contributed by atoms with Gasteiger partial charge in [-0.1, -0.05) is 37.3 Å². The van der Waals surface area contributed by atoms with Crippen molar-refractivity contribution in [1.29, 1.82) is 0 Å². The van der Waals surface area contributed by atoms with Gasteiger partial charge in [-0.15, -0.1) is 0 Å². The molecule has 85 valence electrons. The molecule has 0 heterocycles. The maximum absolute atomic E-state index is 11.3. The lowest BCUT2D eigenvalue weighted by Gasteiger charge is -2.10. The predicted octanol–water partition coefficient (Wildman–Crippen LogP) is 1.76. The number of ether oxygens (including phenoxy) is 2. The zero-order valence-corrected chi connectivity index (χ0v) is 9.01. The third-order valence-corrected chi connectivity index (χ3v) is 2.18. The normalized spacial score (nSPS) is 11.6. The maximum Gasteiger partial charge on any atom is 0.420 e. The van der Waals surface area contributed by atoms with Crippen LogP contribution in [0.5, 0.6) is 0 Å². The summed E-state index contributed by atoms with van der Waals surface area (Å²) in [6.45, 7) is 2.74. The smallest absolute Gasteiger partial charge is 0.420 e. The van der Waals surface area contributed by atoms with E-state index < -0.39 is 5.97 Å². The SMILES string of the molecule is CC(CC(=O)OCO[C]=O)c1ccccc1. The largest absolute Gasteiger partial charge is 0.428 e. The fourth-order valence-corrected chi connectivity index (χ4v) is 1.33. The van der Waals surface area contributed by atoms with Crippen molar-refractivity contribution >= 4 is 12.4 Å². The molecule has 1 aromatic rings. The van der Waals surface area contributed by atoms with Gasteiger partial charge >= 0.3 is 12.4 Å². The molecule has 0 spiro atoms. The second kappa shape index (κ2) is 6.61. The van der Waals surface area contributed by atoms with Gasteiger partial charge < -0.3 is 9.47 Å². The van der Waals surface area contributed by atoms with Crippen LogP contribution in [0.4, 0.5) is 0 Å². The highest BCUT2D eigenvalue weighted by Gasteiger charge is 2.11. The first-order valence-electron chi connectivity index (χ1n) is 4.93. The van der Waals surface area contributed by atoms with Crippen molar-refractivity contribution in [2.75, 3.05) is 6.79 Å². The number of hydrogen-bond acceptors (Lipinski definition) is 4. The highest BCUT2D eigenvalue weighted by molar-refractivity contribution is 5.70.